The molecule has 3 aliphatic heterocycles. The van der Waals surface area contributed by atoms with Gasteiger partial charge in [-0.1, -0.05) is 22.5 Å². The molecule has 2 fully saturated rings. The molecule has 4 atom stereocenters. The third-order valence-corrected chi connectivity index (χ3v) is 4.77. The molecule has 2 saturated heterocycles. The summed E-state index contributed by atoms with van der Waals surface area (Å²) in [5, 5.41) is 10.2. The topological polar surface area (TPSA) is 97.6 Å². The summed E-state index contributed by atoms with van der Waals surface area (Å²) >= 11 is 0. The van der Waals surface area contributed by atoms with Crippen LogP contribution in [-0.2, 0) is 20.9 Å². The molecule has 116 valence electrons. The number of carbonyl (C=O) groups is 2. The molecule has 8 nitrogen and oxygen atoms in total. The molecule has 0 saturated carbocycles. The Hall–Kier alpha value is -2.22. The summed E-state index contributed by atoms with van der Waals surface area (Å²) < 4.78 is 10.5. The van der Waals surface area contributed by atoms with E-state index in [0.29, 0.717) is 17.9 Å². The highest BCUT2D eigenvalue weighted by molar-refractivity contribution is 5.92. The Morgan fingerprint density at radius 1 is 1.55 bits per heavy atom. The van der Waals surface area contributed by atoms with Crippen LogP contribution in [-0.4, -0.2) is 52.3 Å². The number of ether oxygens (including phenoxy) is 1. The second-order valence-electron chi connectivity index (χ2n) is 6.11. The number of aryl methyl sites for hydroxylation is 1. The maximum Gasteiger partial charge on any atom is 0.229 e. The van der Waals surface area contributed by atoms with Gasteiger partial charge in [-0.15, -0.1) is 0 Å². The van der Waals surface area contributed by atoms with Gasteiger partial charge in [0, 0.05) is 7.05 Å². The van der Waals surface area contributed by atoms with E-state index in [0.717, 1.165) is 0 Å². The molecular weight excluding hydrogens is 288 g/mol. The van der Waals surface area contributed by atoms with Crippen molar-refractivity contribution in [2.75, 3.05) is 13.6 Å². The van der Waals surface area contributed by atoms with E-state index in [1.165, 1.54) is 0 Å². The number of fused-ring (bicyclic) bond motifs is 1. The largest absolute Gasteiger partial charge is 0.360 e. The van der Waals surface area contributed by atoms with Crippen LogP contribution in [0.25, 0.3) is 0 Å². The number of rotatable bonds is 3. The van der Waals surface area contributed by atoms with Crippen LogP contribution in [0.3, 0.4) is 0 Å². The first-order valence-corrected chi connectivity index (χ1v) is 7.20. The van der Waals surface area contributed by atoms with Crippen molar-refractivity contribution < 1.29 is 19.0 Å². The number of carbonyl (C=O) groups excluding carboxylic acids is 2. The van der Waals surface area contributed by atoms with Gasteiger partial charge >= 0.3 is 0 Å². The zero-order valence-electron chi connectivity index (χ0n) is 12.3. The summed E-state index contributed by atoms with van der Waals surface area (Å²) in [6.45, 7) is 2.48. The quantitative estimate of drug-likeness (QED) is 0.749. The number of amides is 2. The molecule has 2 bridgehead atoms. The molecule has 1 spiro atoms. The van der Waals surface area contributed by atoms with Crippen molar-refractivity contribution in [2.45, 2.75) is 25.2 Å². The summed E-state index contributed by atoms with van der Waals surface area (Å²) in [6, 6.07) is 0. The van der Waals surface area contributed by atoms with Gasteiger partial charge in [-0.2, -0.15) is 0 Å². The summed E-state index contributed by atoms with van der Waals surface area (Å²) in [4.78, 5) is 26.6. The summed E-state index contributed by atoms with van der Waals surface area (Å²) in [7, 11) is 1.74. The van der Waals surface area contributed by atoms with Crippen molar-refractivity contribution in [1.29, 1.82) is 0 Å². The van der Waals surface area contributed by atoms with Gasteiger partial charge in [-0.05, 0) is 6.92 Å². The SMILES string of the molecule is Cc1nonc1CNC(=O)[C@H]1[C@@H]2C=C[C@@]3(CN(C)C(=O)[C@@H]13)O2. The highest BCUT2D eigenvalue weighted by atomic mass is 16.6. The van der Waals surface area contributed by atoms with Crippen LogP contribution in [0.2, 0.25) is 0 Å². The van der Waals surface area contributed by atoms with E-state index in [1.807, 2.05) is 12.2 Å². The molecule has 4 rings (SSSR count). The first kappa shape index (κ1) is 13.4. The third-order valence-electron chi connectivity index (χ3n) is 4.77. The van der Waals surface area contributed by atoms with Crippen molar-refractivity contribution in [1.82, 2.24) is 20.5 Å². The smallest absolute Gasteiger partial charge is 0.229 e. The Balaban J connectivity index is 1.53. The van der Waals surface area contributed by atoms with E-state index < -0.39 is 17.4 Å². The van der Waals surface area contributed by atoms with E-state index in [-0.39, 0.29) is 24.5 Å². The lowest BCUT2D eigenvalue weighted by Gasteiger charge is -2.23. The van der Waals surface area contributed by atoms with Crippen LogP contribution in [0.15, 0.2) is 16.8 Å². The number of likely N-dealkylation sites (N-methyl/N-ethyl adjacent to an activating group) is 1. The molecule has 0 aromatic carbocycles. The standard InChI is InChI=1S/C14H16N4O4/c1-7-8(17-22-16-7)5-15-12(19)10-9-3-4-14(21-9)6-18(2)13(20)11(10)14/h3-4,9-11H,5-6H2,1-2H3,(H,15,19)/t9-,10-,11+,14-/m0/s1. The van der Waals surface area contributed by atoms with Gasteiger partial charge in [-0.25, -0.2) is 4.63 Å². The summed E-state index contributed by atoms with van der Waals surface area (Å²) in [5.41, 5.74) is 0.583. The minimum atomic E-state index is -0.635. The van der Waals surface area contributed by atoms with Gasteiger partial charge in [0.2, 0.25) is 11.8 Å². The normalized spacial score (nSPS) is 35.3. The molecule has 1 aromatic rings. The molecule has 0 radical (unpaired) electrons. The fraction of sp³-hybridized carbons (Fsp3) is 0.571. The monoisotopic (exact) mass is 304 g/mol. The lowest BCUT2D eigenvalue weighted by molar-refractivity contribution is -0.136. The third kappa shape index (κ3) is 1.67. The molecule has 8 heteroatoms. The van der Waals surface area contributed by atoms with Gasteiger partial charge in [0.1, 0.15) is 17.0 Å². The molecule has 4 heterocycles. The molecule has 1 N–H and O–H groups in total. The Labute approximate surface area is 126 Å². The van der Waals surface area contributed by atoms with Gasteiger partial charge in [0.05, 0.1) is 31.0 Å². The Morgan fingerprint density at radius 2 is 2.36 bits per heavy atom. The van der Waals surface area contributed by atoms with Crippen LogP contribution >= 0.6 is 0 Å². The lowest BCUT2D eigenvalue weighted by Crippen LogP contribution is -2.43. The van der Waals surface area contributed by atoms with Crippen LogP contribution in [0.4, 0.5) is 0 Å². The first-order valence-electron chi connectivity index (χ1n) is 7.20. The predicted molar refractivity (Wildman–Crippen MR) is 72.2 cm³/mol. The zero-order valence-corrected chi connectivity index (χ0v) is 12.3. The van der Waals surface area contributed by atoms with Crippen molar-refractivity contribution >= 4 is 11.8 Å². The number of nitrogens with one attached hydrogen (secondary N) is 1. The van der Waals surface area contributed by atoms with Crippen LogP contribution < -0.4 is 5.32 Å². The van der Waals surface area contributed by atoms with Gasteiger partial charge < -0.3 is 15.0 Å². The minimum absolute atomic E-state index is 0.0358. The Morgan fingerprint density at radius 3 is 3.09 bits per heavy atom. The molecule has 0 aliphatic carbocycles. The van der Waals surface area contributed by atoms with Crippen molar-refractivity contribution in [3.05, 3.63) is 23.5 Å². The van der Waals surface area contributed by atoms with Crippen molar-refractivity contribution in [2.24, 2.45) is 11.8 Å². The zero-order chi connectivity index (χ0) is 15.5. The van der Waals surface area contributed by atoms with E-state index >= 15 is 0 Å². The highest BCUT2D eigenvalue weighted by Gasteiger charge is 2.66. The molecular formula is C14H16N4O4. The van der Waals surface area contributed by atoms with Crippen molar-refractivity contribution in [3.8, 4) is 0 Å². The van der Waals surface area contributed by atoms with Crippen LogP contribution in [0, 0.1) is 18.8 Å². The van der Waals surface area contributed by atoms with E-state index in [1.54, 1.807) is 18.9 Å². The second kappa shape index (κ2) is 4.39. The summed E-state index contributed by atoms with van der Waals surface area (Å²) in [5.74, 6) is -1.18. The number of hydrogen-bond acceptors (Lipinski definition) is 6. The number of aromatic nitrogens is 2. The molecule has 2 amide bonds. The Kier molecular flexibility index (Phi) is 2.68. The van der Waals surface area contributed by atoms with Crippen LogP contribution in [0.5, 0.6) is 0 Å². The minimum Gasteiger partial charge on any atom is -0.360 e. The number of likely N-dealkylation sites (tertiary alicyclic amines) is 1. The lowest BCUT2D eigenvalue weighted by atomic mass is 9.77. The fourth-order valence-corrected chi connectivity index (χ4v) is 3.69. The average Bonchev–Trinajstić information content (AvgIpc) is 3.20. The molecule has 22 heavy (non-hydrogen) atoms. The number of hydrogen-bond donors (Lipinski definition) is 1. The van der Waals surface area contributed by atoms with Gasteiger partial charge in [-0.3, -0.25) is 9.59 Å². The first-order chi connectivity index (χ1) is 10.5. The van der Waals surface area contributed by atoms with Crippen molar-refractivity contribution in [3.63, 3.8) is 0 Å². The van der Waals surface area contributed by atoms with Gasteiger partial charge in [0.25, 0.3) is 0 Å². The number of nitrogens with zero attached hydrogens (tertiary/aromatic N) is 3. The van der Waals surface area contributed by atoms with Crippen LogP contribution in [0.1, 0.15) is 11.4 Å². The van der Waals surface area contributed by atoms with E-state index in [9.17, 15) is 9.59 Å². The fourth-order valence-electron chi connectivity index (χ4n) is 3.69. The Bertz CT molecular complexity index is 684. The molecule has 0 unspecified atom stereocenters. The predicted octanol–water partition coefficient (Wildman–Crippen LogP) is -0.594. The molecule has 1 aromatic heterocycles. The second-order valence-corrected chi connectivity index (χ2v) is 6.11. The highest BCUT2D eigenvalue weighted by Crippen LogP contribution is 2.51. The van der Waals surface area contributed by atoms with E-state index in [2.05, 4.69) is 20.3 Å². The van der Waals surface area contributed by atoms with Gasteiger partial charge in [0.15, 0.2) is 0 Å². The van der Waals surface area contributed by atoms with E-state index in [4.69, 9.17) is 4.74 Å². The average molecular weight is 304 g/mol. The molecule has 3 aliphatic rings. The maximum atomic E-state index is 12.6. The maximum absolute atomic E-state index is 12.6. The summed E-state index contributed by atoms with van der Waals surface area (Å²) in [6.07, 6.45) is 3.48.